The highest BCUT2D eigenvalue weighted by Crippen LogP contribution is 2.29. The molecule has 0 spiro atoms. The number of aromatic carboxylic acids is 1. The van der Waals surface area contributed by atoms with E-state index in [1.807, 2.05) is 0 Å². The van der Waals surface area contributed by atoms with E-state index in [1.165, 1.54) is 0 Å². The molecule has 8 heteroatoms. The van der Waals surface area contributed by atoms with Gasteiger partial charge < -0.3 is 9.84 Å². The first-order valence-corrected chi connectivity index (χ1v) is 5.76. The summed E-state index contributed by atoms with van der Waals surface area (Å²) >= 11 is 0. The predicted molar refractivity (Wildman–Crippen MR) is 65.4 cm³/mol. The maximum Gasteiger partial charge on any atom is 0.573 e. The molecule has 1 N–H and O–H groups in total. The third-order valence-electron chi connectivity index (χ3n) is 2.69. The van der Waals surface area contributed by atoms with Crippen molar-refractivity contribution in [1.29, 1.82) is 0 Å². The van der Waals surface area contributed by atoms with Crippen LogP contribution in [0.4, 0.5) is 22.0 Å². The normalized spacial score (nSPS) is 11.3. The van der Waals surface area contributed by atoms with E-state index in [-0.39, 0.29) is 11.1 Å². The summed E-state index contributed by atoms with van der Waals surface area (Å²) in [4.78, 5) is 11.1. The Labute approximate surface area is 120 Å². The van der Waals surface area contributed by atoms with Gasteiger partial charge in [0.2, 0.25) is 0 Å². The van der Waals surface area contributed by atoms with Crippen molar-refractivity contribution in [1.82, 2.24) is 0 Å². The molecule has 2 aromatic carbocycles. The summed E-state index contributed by atoms with van der Waals surface area (Å²) in [5.74, 6) is -4.62. The van der Waals surface area contributed by atoms with E-state index in [2.05, 4.69) is 4.74 Å². The fourth-order valence-electron chi connectivity index (χ4n) is 1.80. The fraction of sp³-hybridized carbons (Fsp3) is 0.0714. The van der Waals surface area contributed by atoms with Crippen molar-refractivity contribution in [2.24, 2.45) is 0 Å². The minimum Gasteiger partial charge on any atom is -0.478 e. The average Bonchev–Trinajstić information content (AvgIpc) is 2.40. The zero-order valence-corrected chi connectivity index (χ0v) is 10.6. The van der Waals surface area contributed by atoms with Crippen LogP contribution in [-0.4, -0.2) is 17.4 Å². The van der Waals surface area contributed by atoms with Crippen molar-refractivity contribution >= 4 is 5.97 Å². The van der Waals surface area contributed by atoms with Gasteiger partial charge in [0.25, 0.3) is 0 Å². The zero-order chi connectivity index (χ0) is 16.5. The number of benzene rings is 2. The number of carboxylic acid groups (broad SMARTS) is 1. The summed E-state index contributed by atoms with van der Waals surface area (Å²) < 4.78 is 66.2. The summed E-state index contributed by atoms with van der Waals surface area (Å²) in [6.07, 6.45) is -4.87. The average molecular weight is 318 g/mol. The van der Waals surface area contributed by atoms with Gasteiger partial charge in [0.1, 0.15) is 5.75 Å². The van der Waals surface area contributed by atoms with Gasteiger partial charge in [-0.2, -0.15) is 0 Å². The molecule has 0 aromatic heterocycles. The molecule has 2 aromatic rings. The van der Waals surface area contributed by atoms with Gasteiger partial charge in [0.05, 0.1) is 5.56 Å². The van der Waals surface area contributed by atoms with Crippen molar-refractivity contribution in [2.75, 3.05) is 0 Å². The van der Waals surface area contributed by atoms with E-state index in [9.17, 15) is 26.7 Å². The number of hydrogen-bond donors (Lipinski definition) is 1. The fourth-order valence-corrected chi connectivity index (χ4v) is 1.80. The van der Waals surface area contributed by atoms with Crippen LogP contribution in [0.3, 0.4) is 0 Å². The molecule has 22 heavy (non-hydrogen) atoms. The van der Waals surface area contributed by atoms with Crippen LogP contribution >= 0.6 is 0 Å². The lowest BCUT2D eigenvalue weighted by Gasteiger charge is -2.11. The number of ether oxygens (including phenoxy) is 1. The lowest BCUT2D eigenvalue weighted by molar-refractivity contribution is -0.274. The minimum atomic E-state index is -4.87. The number of hydrogen-bond acceptors (Lipinski definition) is 2. The highest BCUT2D eigenvalue weighted by atomic mass is 19.4. The van der Waals surface area contributed by atoms with E-state index in [0.29, 0.717) is 12.1 Å². The molecular weight excluding hydrogens is 311 g/mol. The van der Waals surface area contributed by atoms with Crippen molar-refractivity contribution in [2.45, 2.75) is 6.36 Å². The Morgan fingerprint density at radius 2 is 1.55 bits per heavy atom. The van der Waals surface area contributed by atoms with Crippen molar-refractivity contribution in [3.8, 4) is 16.9 Å². The van der Waals surface area contributed by atoms with E-state index in [0.717, 1.165) is 24.3 Å². The molecule has 0 saturated heterocycles. The van der Waals surface area contributed by atoms with E-state index in [4.69, 9.17) is 5.11 Å². The predicted octanol–water partition coefficient (Wildman–Crippen LogP) is 4.23. The Hall–Kier alpha value is -2.64. The highest BCUT2D eigenvalue weighted by Gasteiger charge is 2.31. The molecule has 0 amide bonds. The van der Waals surface area contributed by atoms with Crippen LogP contribution in [0.25, 0.3) is 11.1 Å². The molecule has 0 aliphatic carbocycles. The summed E-state index contributed by atoms with van der Waals surface area (Å²) in [5, 5.41) is 8.99. The summed E-state index contributed by atoms with van der Waals surface area (Å²) in [5.41, 5.74) is -0.570. The maximum absolute atomic E-state index is 13.3. The first-order valence-electron chi connectivity index (χ1n) is 5.76. The Kier molecular flexibility index (Phi) is 4.03. The third-order valence-corrected chi connectivity index (χ3v) is 2.69. The van der Waals surface area contributed by atoms with Gasteiger partial charge in [-0.15, -0.1) is 13.2 Å². The first kappa shape index (κ1) is 15.7. The molecule has 0 unspecified atom stereocenters. The van der Waals surface area contributed by atoms with E-state index >= 15 is 0 Å². The molecule has 0 heterocycles. The number of carboxylic acids is 1. The van der Waals surface area contributed by atoms with Gasteiger partial charge in [0.15, 0.2) is 11.6 Å². The summed E-state index contributed by atoms with van der Waals surface area (Å²) in [6.45, 7) is 0. The number of carbonyl (C=O) groups is 1. The third kappa shape index (κ3) is 3.51. The van der Waals surface area contributed by atoms with Gasteiger partial charge in [0, 0.05) is 0 Å². The molecule has 2 rings (SSSR count). The van der Waals surface area contributed by atoms with Gasteiger partial charge >= 0.3 is 12.3 Å². The second-order valence-corrected chi connectivity index (χ2v) is 4.19. The van der Waals surface area contributed by atoms with Crippen molar-refractivity contribution in [3.63, 3.8) is 0 Å². The van der Waals surface area contributed by atoms with Crippen LogP contribution in [0.5, 0.6) is 5.75 Å². The molecule has 0 saturated carbocycles. The topological polar surface area (TPSA) is 46.5 Å². The van der Waals surface area contributed by atoms with E-state index in [1.54, 1.807) is 0 Å². The van der Waals surface area contributed by atoms with Gasteiger partial charge in [-0.3, -0.25) is 0 Å². The number of alkyl halides is 3. The SMILES string of the molecule is O=C(O)c1cc(F)c(F)cc1-c1ccc(OC(F)(F)F)cc1. The summed E-state index contributed by atoms with van der Waals surface area (Å²) in [7, 11) is 0. The van der Waals surface area contributed by atoms with Crippen LogP contribution in [0.2, 0.25) is 0 Å². The van der Waals surface area contributed by atoms with Crippen LogP contribution in [-0.2, 0) is 0 Å². The Balaban J connectivity index is 2.44. The Morgan fingerprint density at radius 3 is 2.05 bits per heavy atom. The van der Waals surface area contributed by atoms with Crippen molar-refractivity contribution in [3.05, 3.63) is 53.6 Å². The molecule has 116 valence electrons. The Bertz CT molecular complexity index is 708. The Morgan fingerprint density at radius 1 is 1.00 bits per heavy atom. The highest BCUT2D eigenvalue weighted by molar-refractivity contribution is 5.96. The molecule has 0 aliphatic rings. The van der Waals surface area contributed by atoms with Crippen LogP contribution in [0.15, 0.2) is 36.4 Å². The molecular formula is C14H7F5O3. The maximum atomic E-state index is 13.3. The smallest absolute Gasteiger partial charge is 0.478 e. The molecule has 0 aliphatic heterocycles. The van der Waals surface area contributed by atoms with Crippen LogP contribution in [0, 0.1) is 11.6 Å². The molecule has 0 bridgehead atoms. The van der Waals surface area contributed by atoms with Crippen molar-refractivity contribution < 1.29 is 36.6 Å². The van der Waals surface area contributed by atoms with Gasteiger partial charge in [-0.05, 0) is 35.4 Å². The molecule has 0 atom stereocenters. The molecule has 3 nitrogen and oxygen atoms in total. The monoisotopic (exact) mass is 318 g/mol. The van der Waals surface area contributed by atoms with Crippen LogP contribution < -0.4 is 4.74 Å². The zero-order valence-electron chi connectivity index (χ0n) is 10.6. The summed E-state index contributed by atoms with van der Waals surface area (Å²) in [6, 6.07) is 5.28. The van der Waals surface area contributed by atoms with E-state index < -0.39 is 35.3 Å². The first-order chi connectivity index (χ1) is 10.2. The standard InChI is InChI=1S/C14H7F5O3/c15-11-5-9(10(13(20)21)6-12(11)16)7-1-3-8(4-2-7)22-14(17,18)19/h1-6H,(H,20,21). The quantitative estimate of drug-likeness (QED) is 0.862. The van der Waals surface area contributed by atoms with Crippen LogP contribution in [0.1, 0.15) is 10.4 Å². The number of rotatable bonds is 3. The second kappa shape index (κ2) is 5.63. The van der Waals surface area contributed by atoms with Gasteiger partial charge in [-0.1, -0.05) is 12.1 Å². The largest absolute Gasteiger partial charge is 0.573 e. The lowest BCUT2D eigenvalue weighted by Crippen LogP contribution is -2.16. The minimum absolute atomic E-state index is 0.103. The van der Waals surface area contributed by atoms with Gasteiger partial charge in [-0.25, -0.2) is 13.6 Å². The lowest BCUT2D eigenvalue weighted by atomic mass is 9.99. The number of halogens is 5. The molecule has 0 fully saturated rings. The second-order valence-electron chi connectivity index (χ2n) is 4.19. The molecule has 0 radical (unpaired) electrons.